The van der Waals surface area contributed by atoms with Gasteiger partial charge in [-0.2, -0.15) is 0 Å². The zero-order chi connectivity index (χ0) is 21.3. The summed E-state index contributed by atoms with van der Waals surface area (Å²) in [4.78, 5) is 0. The SMILES string of the molecule is CC(C)(C)c1cc2c(C(O)Cc3ccccc3)c(c1)CCc1cc(Br)cc(c1)CC2. The summed E-state index contributed by atoms with van der Waals surface area (Å²) >= 11 is 3.68. The first kappa shape index (κ1) is 21.3. The number of aliphatic hydroxyl groups is 1. The summed E-state index contributed by atoms with van der Waals surface area (Å²) in [5, 5.41) is 11.4. The Kier molecular flexibility index (Phi) is 6.18. The third kappa shape index (κ3) is 4.87. The van der Waals surface area contributed by atoms with E-state index in [1.807, 2.05) is 6.07 Å². The van der Waals surface area contributed by atoms with E-state index in [0.717, 1.165) is 31.2 Å². The van der Waals surface area contributed by atoms with Gasteiger partial charge in [0.1, 0.15) is 0 Å². The fraction of sp³-hybridized carbons (Fsp3) is 0.357. The second-order valence-corrected chi connectivity index (χ2v) is 10.5. The molecule has 1 aliphatic rings. The van der Waals surface area contributed by atoms with Crippen LogP contribution in [-0.4, -0.2) is 5.11 Å². The van der Waals surface area contributed by atoms with E-state index >= 15 is 0 Å². The second-order valence-electron chi connectivity index (χ2n) is 9.63. The van der Waals surface area contributed by atoms with Gasteiger partial charge in [0.05, 0.1) is 6.10 Å². The van der Waals surface area contributed by atoms with Crippen LogP contribution < -0.4 is 0 Å². The molecule has 0 fully saturated rings. The Balaban J connectivity index is 1.78. The van der Waals surface area contributed by atoms with E-state index in [1.165, 1.54) is 37.9 Å². The average Bonchev–Trinajstić information content (AvgIpc) is 2.69. The van der Waals surface area contributed by atoms with Gasteiger partial charge >= 0.3 is 0 Å². The van der Waals surface area contributed by atoms with Gasteiger partial charge in [0.2, 0.25) is 0 Å². The van der Waals surface area contributed by atoms with Gasteiger partial charge < -0.3 is 5.11 Å². The molecule has 0 aliphatic heterocycles. The molecule has 2 heteroatoms. The van der Waals surface area contributed by atoms with Gasteiger partial charge in [-0.3, -0.25) is 0 Å². The number of rotatable bonds is 3. The summed E-state index contributed by atoms with van der Waals surface area (Å²) in [6.07, 6.45) is 4.07. The van der Waals surface area contributed by atoms with Crippen LogP contribution in [0.2, 0.25) is 0 Å². The van der Waals surface area contributed by atoms with Gasteiger partial charge in [-0.25, -0.2) is 0 Å². The molecule has 1 unspecified atom stereocenters. The van der Waals surface area contributed by atoms with Crippen LogP contribution in [0, 0.1) is 0 Å². The van der Waals surface area contributed by atoms with Crippen molar-refractivity contribution in [3.8, 4) is 0 Å². The molecule has 0 saturated heterocycles. The van der Waals surface area contributed by atoms with Gasteiger partial charge in [-0.1, -0.05) is 85.2 Å². The Labute approximate surface area is 189 Å². The summed E-state index contributed by atoms with van der Waals surface area (Å²) in [7, 11) is 0. The van der Waals surface area contributed by atoms with E-state index in [4.69, 9.17) is 0 Å². The number of hydrogen-bond donors (Lipinski definition) is 1. The van der Waals surface area contributed by atoms with Crippen LogP contribution in [0.5, 0.6) is 0 Å². The van der Waals surface area contributed by atoms with E-state index in [1.54, 1.807) is 0 Å². The summed E-state index contributed by atoms with van der Waals surface area (Å²) < 4.78 is 1.17. The monoisotopic (exact) mass is 462 g/mol. The summed E-state index contributed by atoms with van der Waals surface area (Å²) in [5.41, 5.74) is 9.16. The Morgan fingerprint density at radius 2 is 1.40 bits per heavy atom. The van der Waals surface area contributed by atoms with Gasteiger partial charge in [0.25, 0.3) is 0 Å². The Morgan fingerprint density at radius 1 is 0.833 bits per heavy atom. The van der Waals surface area contributed by atoms with Crippen molar-refractivity contribution in [2.24, 2.45) is 0 Å². The fourth-order valence-electron chi connectivity index (χ4n) is 4.56. The lowest BCUT2D eigenvalue weighted by atomic mass is 9.79. The molecule has 1 aliphatic carbocycles. The zero-order valence-electron chi connectivity index (χ0n) is 18.2. The first-order chi connectivity index (χ1) is 14.3. The summed E-state index contributed by atoms with van der Waals surface area (Å²) in [6, 6.07) is 21.9. The number of hydrogen-bond acceptors (Lipinski definition) is 1. The molecule has 4 rings (SSSR count). The van der Waals surface area contributed by atoms with E-state index < -0.39 is 6.10 Å². The smallest absolute Gasteiger partial charge is 0.0835 e. The zero-order valence-corrected chi connectivity index (χ0v) is 19.8. The van der Waals surface area contributed by atoms with Crippen molar-refractivity contribution < 1.29 is 5.11 Å². The third-order valence-electron chi connectivity index (χ3n) is 6.21. The molecule has 1 nitrogen and oxygen atoms in total. The maximum absolute atomic E-state index is 11.4. The van der Waals surface area contributed by atoms with Crippen LogP contribution >= 0.6 is 15.9 Å². The minimum atomic E-state index is -0.476. The fourth-order valence-corrected chi connectivity index (χ4v) is 5.15. The molecular weight excluding hydrogens is 432 g/mol. The van der Waals surface area contributed by atoms with E-state index in [9.17, 15) is 5.11 Å². The predicted molar refractivity (Wildman–Crippen MR) is 129 cm³/mol. The van der Waals surface area contributed by atoms with Crippen molar-refractivity contribution in [2.75, 3.05) is 0 Å². The molecule has 0 aromatic heterocycles. The van der Waals surface area contributed by atoms with Crippen molar-refractivity contribution >= 4 is 15.9 Å². The van der Waals surface area contributed by atoms with Gasteiger partial charge in [-0.15, -0.1) is 0 Å². The van der Waals surface area contributed by atoms with Crippen molar-refractivity contribution in [2.45, 2.75) is 64.4 Å². The highest BCUT2D eigenvalue weighted by Crippen LogP contribution is 2.34. The van der Waals surface area contributed by atoms with Gasteiger partial charge in [0, 0.05) is 10.9 Å². The molecule has 0 spiro atoms. The Bertz CT molecular complexity index is 983. The topological polar surface area (TPSA) is 20.2 Å². The van der Waals surface area contributed by atoms with E-state index in [-0.39, 0.29) is 5.41 Å². The van der Waals surface area contributed by atoms with E-state index in [0.29, 0.717) is 6.42 Å². The minimum Gasteiger partial charge on any atom is -0.388 e. The Hall–Kier alpha value is -1.90. The maximum atomic E-state index is 11.4. The molecule has 0 saturated carbocycles. The normalized spacial score (nSPS) is 15.0. The molecule has 3 aromatic carbocycles. The van der Waals surface area contributed by atoms with Crippen LogP contribution in [0.15, 0.2) is 65.1 Å². The van der Waals surface area contributed by atoms with Crippen LogP contribution in [0.1, 0.15) is 65.8 Å². The van der Waals surface area contributed by atoms with Crippen molar-refractivity contribution in [1.29, 1.82) is 0 Å². The predicted octanol–water partition coefficient (Wildman–Crippen LogP) is 6.91. The third-order valence-corrected chi connectivity index (χ3v) is 6.66. The molecule has 0 amide bonds. The molecule has 1 N–H and O–H groups in total. The molecule has 4 bridgehead atoms. The highest BCUT2D eigenvalue weighted by molar-refractivity contribution is 9.10. The van der Waals surface area contributed by atoms with Crippen molar-refractivity contribution in [3.63, 3.8) is 0 Å². The van der Waals surface area contributed by atoms with Gasteiger partial charge in [-0.05, 0) is 82.2 Å². The lowest BCUT2D eigenvalue weighted by Gasteiger charge is -2.27. The number of aliphatic hydroxyl groups excluding tert-OH is 1. The maximum Gasteiger partial charge on any atom is 0.0835 e. The average molecular weight is 463 g/mol. The second kappa shape index (κ2) is 8.69. The highest BCUT2D eigenvalue weighted by atomic mass is 79.9. The Morgan fingerprint density at radius 3 is 1.93 bits per heavy atom. The number of aryl methyl sites for hydroxylation is 4. The van der Waals surface area contributed by atoms with Gasteiger partial charge in [0.15, 0.2) is 0 Å². The molecule has 3 aromatic rings. The number of benzene rings is 3. The molecule has 156 valence electrons. The standard InChI is InChI=1S/C28H31BrO/c1-28(2,3)24-17-22-11-9-20-13-21(15-25(29)14-20)10-12-23(18-24)27(22)26(30)16-19-7-5-4-6-8-19/h4-8,13-15,17-18,26,30H,9-12,16H2,1-3H3. The van der Waals surface area contributed by atoms with E-state index in [2.05, 4.69) is 91.3 Å². The van der Waals surface area contributed by atoms with Crippen LogP contribution in [0.25, 0.3) is 0 Å². The first-order valence-electron chi connectivity index (χ1n) is 11.0. The van der Waals surface area contributed by atoms with Crippen LogP contribution in [-0.2, 0) is 37.5 Å². The van der Waals surface area contributed by atoms with Crippen LogP contribution in [0.4, 0.5) is 0 Å². The lowest BCUT2D eigenvalue weighted by molar-refractivity contribution is 0.176. The molecule has 30 heavy (non-hydrogen) atoms. The lowest BCUT2D eigenvalue weighted by Crippen LogP contribution is -2.17. The van der Waals surface area contributed by atoms with Crippen molar-refractivity contribution in [1.82, 2.24) is 0 Å². The van der Waals surface area contributed by atoms with Crippen molar-refractivity contribution in [3.05, 3.63) is 104 Å². The number of halogens is 1. The first-order valence-corrected chi connectivity index (χ1v) is 11.8. The molecule has 0 heterocycles. The largest absolute Gasteiger partial charge is 0.388 e. The summed E-state index contributed by atoms with van der Waals surface area (Å²) in [6.45, 7) is 6.84. The van der Waals surface area contributed by atoms with Crippen LogP contribution in [0.3, 0.4) is 0 Å². The molecular formula is C28H31BrO. The number of fused-ring (bicyclic) bond motifs is 4. The summed E-state index contributed by atoms with van der Waals surface area (Å²) in [5.74, 6) is 0. The molecule has 1 atom stereocenters. The minimum absolute atomic E-state index is 0.0911. The quantitative estimate of drug-likeness (QED) is 0.448. The highest BCUT2D eigenvalue weighted by Gasteiger charge is 2.23. The molecule has 0 radical (unpaired) electrons.